The van der Waals surface area contributed by atoms with Gasteiger partial charge in [-0.05, 0) is 46.7 Å². The molecule has 0 bridgehead atoms. The van der Waals surface area contributed by atoms with Crippen molar-refractivity contribution in [1.82, 2.24) is 0 Å². The molecular weight excluding hydrogens is 305 g/mol. The Kier molecular flexibility index (Phi) is 3.43. The number of rotatable bonds is 2. The average Bonchev–Trinajstić information content (AvgIpc) is 2.97. The summed E-state index contributed by atoms with van der Waals surface area (Å²) in [6.45, 7) is 0. The molecule has 0 aromatic heterocycles. The van der Waals surface area contributed by atoms with Crippen molar-refractivity contribution in [3.8, 4) is 0 Å². The third-order valence-corrected chi connectivity index (χ3v) is 3.79. The van der Waals surface area contributed by atoms with Crippen molar-refractivity contribution in [1.29, 1.82) is 0 Å². The standard InChI is InChI=1S/C20H12FNO2/c21-17-9-5-13(6-10-17)11-18-20(23)24-19(22-18)16-8-7-14-3-1-2-4-15(14)12-16/h1-12H/b18-11+. The first-order valence-corrected chi connectivity index (χ1v) is 7.46. The third-order valence-electron chi connectivity index (χ3n) is 3.79. The van der Waals surface area contributed by atoms with Crippen LogP contribution in [0.4, 0.5) is 4.39 Å². The summed E-state index contributed by atoms with van der Waals surface area (Å²) in [7, 11) is 0. The number of fused-ring (bicyclic) bond motifs is 1. The molecule has 0 saturated carbocycles. The van der Waals surface area contributed by atoms with E-state index in [9.17, 15) is 9.18 Å². The van der Waals surface area contributed by atoms with Gasteiger partial charge in [0.15, 0.2) is 5.70 Å². The highest BCUT2D eigenvalue weighted by Crippen LogP contribution is 2.22. The van der Waals surface area contributed by atoms with Crippen molar-refractivity contribution < 1.29 is 13.9 Å². The van der Waals surface area contributed by atoms with Gasteiger partial charge in [-0.3, -0.25) is 0 Å². The van der Waals surface area contributed by atoms with E-state index in [-0.39, 0.29) is 17.4 Å². The highest BCUT2D eigenvalue weighted by Gasteiger charge is 2.24. The van der Waals surface area contributed by atoms with Gasteiger partial charge in [-0.25, -0.2) is 14.2 Å². The monoisotopic (exact) mass is 317 g/mol. The van der Waals surface area contributed by atoms with E-state index in [0.29, 0.717) is 5.56 Å². The smallest absolute Gasteiger partial charge is 0.363 e. The zero-order chi connectivity index (χ0) is 16.5. The van der Waals surface area contributed by atoms with Crippen molar-refractivity contribution in [3.63, 3.8) is 0 Å². The van der Waals surface area contributed by atoms with Gasteiger partial charge in [0.25, 0.3) is 0 Å². The highest BCUT2D eigenvalue weighted by atomic mass is 19.1. The molecule has 0 saturated heterocycles. The number of hydrogen-bond donors (Lipinski definition) is 0. The van der Waals surface area contributed by atoms with Gasteiger partial charge in [0.1, 0.15) is 5.82 Å². The lowest BCUT2D eigenvalue weighted by atomic mass is 10.1. The van der Waals surface area contributed by atoms with Crippen LogP contribution in [0.2, 0.25) is 0 Å². The maximum Gasteiger partial charge on any atom is 0.363 e. The number of benzene rings is 3. The molecule has 1 aliphatic heterocycles. The first kappa shape index (κ1) is 14.3. The number of aliphatic imine (C=N–C) groups is 1. The number of halogens is 1. The van der Waals surface area contributed by atoms with Crippen LogP contribution in [0, 0.1) is 5.82 Å². The van der Waals surface area contributed by atoms with E-state index >= 15 is 0 Å². The number of nitrogens with zero attached hydrogens (tertiary/aromatic N) is 1. The van der Waals surface area contributed by atoms with E-state index < -0.39 is 5.97 Å². The Balaban J connectivity index is 1.70. The largest absolute Gasteiger partial charge is 0.402 e. The zero-order valence-electron chi connectivity index (χ0n) is 12.6. The van der Waals surface area contributed by atoms with Gasteiger partial charge in [0.2, 0.25) is 5.90 Å². The van der Waals surface area contributed by atoms with Crippen molar-refractivity contribution in [2.45, 2.75) is 0 Å². The highest BCUT2D eigenvalue weighted by molar-refractivity contribution is 6.13. The Morgan fingerprint density at radius 3 is 2.46 bits per heavy atom. The molecule has 3 nitrogen and oxygen atoms in total. The van der Waals surface area contributed by atoms with Crippen LogP contribution in [-0.4, -0.2) is 11.9 Å². The summed E-state index contributed by atoms with van der Waals surface area (Å²) in [6, 6.07) is 19.5. The summed E-state index contributed by atoms with van der Waals surface area (Å²) < 4.78 is 18.2. The normalized spacial score (nSPS) is 15.6. The lowest BCUT2D eigenvalue weighted by Gasteiger charge is -2.02. The van der Waals surface area contributed by atoms with Crippen LogP contribution in [0.1, 0.15) is 11.1 Å². The van der Waals surface area contributed by atoms with Gasteiger partial charge >= 0.3 is 5.97 Å². The number of cyclic esters (lactones) is 1. The Hall–Kier alpha value is -3.27. The lowest BCUT2D eigenvalue weighted by molar-refractivity contribution is -0.129. The van der Waals surface area contributed by atoms with Crippen LogP contribution in [0.3, 0.4) is 0 Å². The second kappa shape index (κ2) is 5.74. The van der Waals surface area contributed by atoms with Crippen LogP contribution in [0.25, 0.3) is 16.8 Å². The predicted molar refractivity (Wildman–Crippen MR) is 91.0 cm³/mol. The summed E-state index contributed by atoms with van der Waals surface area (Å²) in [4.78, 5) is 16.3. The molecule has 3 aromatic rings. The Bertz CT molecular complexity index is 1000. The number of ether oxygens (including phenoxy) is 1. The van der Waals surface area contributed by atoms with Crippen molar-refractivity contribution >= 4 is 28.7 Å². The average molecular weight is 317 g/mol. The van der Waals surface area contributed by atoms with Gasteiger partial charge in [-0.2, -0.15) is 0 Å². The Morgan fingerprint density at radius 1 is 0.917 bits per heavy atom. The fourth-order valence-corrected chi connectivity index (χ4v) is 2.57. The minimum Gasteiger partial charge on any atom is -0.402 e. The topological polar surface area (TPSA) is 38.7 Å². The molecule has 0 N–H and O–H groups in total. The SMILES string of the molecule is O=C1OC(c2ccc3ccccc3c2)=N/C1=C/c1ccc(F)cc1. The molecule has 24 heavy (non-hydrogen) atoms. The summed E-state index contributed by atoms with van der Waals surface area (Å²) in [6.07, 6.45) is 1.58. The van der Waals surface area contributed by atoms with Crippen LogP contribution < -0.4 is 0 Å². The summed E-state index contributed by atoms with van der Waals surface area (Å²) >= 11 is 0. The second-order valence-electron chi connectivity index (χ2n) is 5.45. The molecular formula is C20H12FNO2. The molecule has 116 valence electrons. The quantitative estimate of drug-likeness (QED) is 0.521. The van der Waals surface area contributed by atoms with Gasteiger partial charge < -0.3 is 4.74 Å². The minimum absolute atomic E-state index is 0.199. The summed E-state index contributed by atoms with van der Waals surface area (Å²) in [5, 5.41) is 2.15. The molecule has 1 aliphatic rings. The van der Waals surface area contributed by atoms with Crippen molar-refractivity contribution in [2.75, 3.05) is 0 Å². The maximum atomic E-state index is 12.9. The Labute approximate surface area is 137 Å². The van der Waals surface area contributed by atoms with Crippen molar-refractivity contribution in [3.05, 3.63) is 89.4 Å². The maximum absolute atomic E-state index is 12.9. The van der Waals surface area contributed by atoms with Crippen LogP contribution in [-0.2, 0) is 9.53 Å². The molecule has 4 rings (SSSR count). The fraction of sp³-hybridized carbons (Fsp3) is 0. The predicted octanol–water partition coefficient (Wildman–Crippen LogP) is 4.32. The van der Waals surface area contributed by atoms with Gasteiger partial charge in [-0.1, -0.05) is 42.5 Å². The second-order valence-corrected chi connectivity index (χ2v) is 5.45. The fourth-order valence-electron chi connectivity index (χ4n) is 2.57. The van der Waals surface area contributed by atoms with Gasteiger partial charge in [0.05, 0.1) is 0 Å². The molecule has 0 spiro atoms. The van der Waals surface area contributed by atoms with Crippen molar-refractivity contribution in [2.24, 2.45) is 4.99 Å². The third kappa shape index (κ3) is 2.70. The molecule has 0 atom stereocenters. The van der Waals surface area contributed by atoms with Gasteiger partial charge in [-0.15, -0.1) is 0 Å². The molecule has 3 aromatic carbocycles. The molecule has 0 aliphatic carbocycles. The van der Waals surface area contributed by atoms with Crippen LogP contribution in [0.15, 0.2) is 77.4 Å². The first-order chi connectivity index (χ1) is 11.7. The van der Waals surface area contributed by atoms with E-state index in [4.69, 9.17) is 4.74 Å². The van der Waals surface area contributed by atoms with E-state index in [1.165, 1.54) is 12.1 Å². The van der Waals surface area contributed by atoms with Crippen LogP contribution >= 0.6 is 0 Å². The zero-order valence-corrected chi connectivity index (χ0v) is 12.6. The number of carbonyl (C=O) groups excluding carboxylic acids is 1. The van der Waals surface area contributed by atoms with E-state index in [1.807, 2.05) is 42.5 Å². The summed E-state index contributed by atoms with van der Waals surface area (Å²) in [5.74, 6) is -0.562. The molecule has 0 amide bonds. The lowest BCUT2D eigenvalue weighted by Crippen LogP contribution is -2.05. The van der Waals surface area contributed by atoms with Gasteiger partial charge in [0, 0.05) is 5.56 Å². The number of esters is 1. The number of hydrogen-bond acceptors (Lipinski definition) is 3. The molecule has 0 radical (unpaired) electrons. The molecule has 4 heteroatoms. The molecule has 0 unspecified atom stereocenters. The minimum atomic E-state index is -0.512. The van der Waals surface area contributed by atoms with E-state index in [1.54, 1.807) is 18.2 Å². The van der Waals surface area contributed by atoms with E-state index in [0.717, 1.165) is 16.3 Å². The molecule has 0 fully saturated rings. The first-order valence-electron chi connectivity index (χ1n) is 7.46. The molecule has 1 heterocycles. The van der Waals surface area contributed by atoms with E-state index in [2.05, 4.69) is 4.99 Å². The summed E-state index contributed by atoms with van der Waals surface area (Å²) in [5.41, 5.74) is 1.63. The number of carbonyl (C=O) groups is 1. The van der Waals surface area contributed by atoms with Crippen LogP contribution in [0.5, 0.6) is 0 Å². The Morgan fingerprint density at radius 2 is 1.67 bits per heavy atom.